The van der Waals surface area contributed by atoms with Crippen LogP contribution in [0.4, 0.5) is 15.8 Å². The minimum atomic E-state index is -0.341. The maximum absolute atomic E-state index is 12.9. The van der Waals surface area contributed by atoms with Crippen molar-refractivity contribution in [1.29, 1.82) is 0 Å². The molecule has 0 bridgehead atoms. The molecular formula is C19H16FN3O3S. The number of nitrogens with one attached hydrogen (secondary N) is 2. The third kappa shape index (κ3) is 5.35. The standard InChI is InChI=1S/C19H16FN3O3S/c1-12(24)21-14-4-6-15(7-5-14)22-19(25)17-11-27-18(23-17)10-26-16-8-2-13(20)3-9-16/h2-9,11H,10H2,1H3,(H,21,24)(H,22,25). The van der Waals surface area contributed by atoms with Crippen LogP contribution in [-0.2, 0) is 11.4 Å². The first kappa shape index (κ1) is 18.5. The van der Waals surface area contributed by atoms with E-state index in [1.165, 1.54) is 42.5 Å². The molecule has 0 aliphatic rings. The Morgan fingerprint density at radius 2 is 1.67 bits per heavy atom. The van der Waals surface area contributed by atoms with E-state index < -0.39 is 0 Å². The van der Waals surface area contributed by atoms with E-state index in [1.807, 2.05) is 0 Å². The van der Waals surface area contributed by atoms with Crippen LogP contribution in [0.2, 0.25) is 0 Å². The number of amides is 2. The predicted octanol–water partition coefficient (Wildman–Crippen LogP) is 4.07. The monoisotopic (exact) mass is 385 g/mol. The molecule has 138 valence electrons. The third-order valence-corrected chi connectivity index (χ3v) is 4.25. The fraction of sp³-hybridized carbons (Fsp3) is 0.105. The van der Waals surface area contributed by atoms with E-state index in [2.05, 4.69) is 15.6 Å². The number of rotatable bonds is 6. The van der Waals surface area contributed by atoms with E-state index in [0.29, 0.717) is 22.1 Å². The van der Waals surface area contributed by atoms with Gasteiger partial charge in [0.25, 0.3) is 5.91 Å². The molecule has 6 nitrogen and oxygen atoms in total. The molecule has 0 unspecified atom stereocenters. The second-order valence-corrected chi connectivity index (χ2v) is 6.52. The summed E-state index contributed by atoms with van der Waals surface area (Å²) in [7, 11) is 0. The molecule has 8 heteroatoms. The van der Waals surface area contributed by atoms with Crippen LogP contribution in [0.15, 0.2) is 53.9 Å². The number of nitrogens with zero attached hydrogens (tertiary/aromatic N) is 1. The van der Waals surface area contributed by atoms with Gasteiger partial charge in [0, 0.05) is 23.7 Å². The van der Waals surface area contributed by atoms with Gasteiger partial charge < -0.3 is 15.4 Å². The number of benzene rings is 2. The van der Waals surface area contributed by atoms with Crippen LogP contribution in [-0.4, -0.2) is 16.8 Å². The molecule has 0 saturated carbocycles. The molecule has 0 radical (unpaired) electrons. The van der Waals surface area contributed by atoms with Crippen molar-refractivity contribution < 1.29 is 18.7 Å². The van der Waals surface area contributed by atoms with Crippen molar-refractivity contribution in [2.24, 2.45) is 0 Å². The molecule has 1 aromatic heterocycles. The van der Waals surface area contributed by atoms with E-state index in [4.69, 9.17) is 4.74 Å². The molecule has 2 amide bonds. The minimum absolute atomic E-state index is 0.162. The zero-order chi connectivity index (χ0) is 19.2. The van der Waals surface area contributed by atoms with Gasteiger partial charge in [0.15, 0.2) is 0 Å². The molecule has 1 heterocycles. The lowest BCUT2D eigenvalue weighted by atomic mass is 10.2. The van der Waals surface area contributed by atoms with Crippen molar-refractivity contribution in [1.82, 2.24) is 4.98 Å². The van der Waals surface area contributed by atoms with Gasteiger partial charge in [0.2, 0.25) is 5.91 Å². The van der Waals surface area contributed by atoms with Gasteiger partial charge in [-0.3, -0.25) is 9.59 Å². The van der Waals surface area contributed by atoms with Crippen molar-refractivity contribution in [3.8, 4) is 5.75 Å². The normalized spacial score (nSPS) is 10.3. The lowest BCUT2D eigenvalue weighted by molar-refractivity contribution is -0.114. The van der Waals surface area contributed by atoms with Crippen molar-refractivity contribution in [3.63, 3.8) is 0 Å². The van der Waals surface area contributed by atoms with Crippen LogP contribution in [0.3, 0.4) is 0 Å². The molecule has 0 saturated heterocycles. The van der Waals surface area contributed by atoms with Gasteiger partial charge in [-0.05, 0) is 48.5 Å². The second kappa shape index (κ2) is 8.41. The van der Waals surface area contributed by atoms with Crippen molar-refractivity contribution in [2.75, 3.05) is 10.6 Å². The maximum atomic E-state index is 12.9. The number of aromatic nitrogens is 1. The van der Waals surface area contributed by atoms with Crippen LogP contribution in [0.25, 0.3) is 0 Å². The fourth-order valence-corrected chi connectivity index (χ4v) is 2.88. The van der Waals surface area contributed by atoms with E-state index in [1.54, 1.807) is 29.6 Å². The first-order chi connectivity index (χ1) is 13.0. The van der Waals surface area contributed by atoms with Crippen LogP contribution in [0.1, 0.15) is 22.4 Å². The Kier molecular flexibility index (Phi) is 5.77. The van der Waals surface area contributed by atoms with Gasteiger partial charge in [-0.2, -0.15) is 0 Å². The summed E-state index contributed by atoms with van der Waals surface area (Å²) in [6.45, 7) is 1.62. The zero-order valence-corrected chi connectivity index (χ0v) is 15.2. The highest BCUT2D eigenvalue weighted by atomic mass is 32.1. The van der Waals surface area contributed by atoms with Crippen molar-refractivity contribution in [2.45, 2.75) is 13.5 Å². The molecule has 3 aromatic rings. The van der Waals surface area contributed by atoms with Crippen LogP contribution >= 0.6 is 11.3 Å². The van der Waals surface area contributed by atoms with E-state index in [-0.39, 0.29) is 29.9 Å². The molecule has 0 atom stereocenters. The zero-order valence-electron chi connectivity index (χ0n) is 14.4. The number of carbonyl (C=O) groups excluding carboxylic acids is 2. The largest absolute Gasteiger partial charge is 0.486 e. The lowest BCUT2D eigenvalue weighted by Crippen LogP contribution is -2.12. The Bertz CT molecular complexity index is 940. The molecule has 0 aliphatic heterocycles. The Morgan fingerprint density at radius 1 is 1.04 bits per heavy atom. The number of carbonyl (C=O) groups is 2. The molecular weight excluding hydrogens is 369 g/mol. The number of hydrogen-bond acceptors (Lipinski definition) is 5. The summed E-state index contributed by atoms with van der Waals surface area (Å²) in [4.78, 5) is 27.5. The maximum Gasteiger partial charge on any atom is 0.275 e. The summed E-state index contributed by atoms with van der Waals surface area (Å²) >= 11 is 1.30. The Morgan fingerprint density at radius 3 is 2.30 bits per heavy atom. The predicted molar refractivity (Wildman–Crippen MR) is 102 cm³/mol. The quantitative estimate of drug-likeness (QED) is 0.670. The number of thiazole rings is 1. The topological polar surface area (TPSA) is 80.3 Å². The SMILES string of the molecule is CC(=O)Nc1ccc(NC(=O)c2csc(COc3ccc(F)cc3)n2)cc1. The molecule has 3 rings (SSSR count). The van der Waals surface area contributed by atoms with Gasteiger partial charge in [-0.15, -0.1) is 11.3 Å². The fourth-order valence-electron chi connectivity index (χ4n) is 2.19. The summed E-state index contributed by atoms with van der Waals surface area (Å²) in [5.74, 6) is -0.311. The molecule has 0 fully saturated rings. The van der Waals surface area contributed by atoms with Gasteiger partial charge in [-0.25, -0.2) is 9.37 Å². The van der Waals surface area contributed by atoms with Gasteiger partial charge in [0.05, 0.1) is 0 Å². The van der Waals surface area contributed by atoms with Crippen LogP contribution < -0.4 is 15.4 Å². The molecule has 0 spiro atoms. The van der Waals surface area contributed by atoms with Crippen LogP contribution in [0.5, 0.6) is 5.75 Å². The summed E-state index contributed by atoms with van der Waals surface area (Å²) in [6, 6.07) is 12.4. The van der Waals surface area contributed by atoms with Crippen molar-refractivity contribution in [3.05, 3.63) is 70.4 Å². The Hall–Kier alpha value is -3.26. The number of anilines is 2. The number of ether oxygens (including phenoxy) is 1. The average Bonchev–Trinajstić information content (AvgIpc) is 3.12. The molecule has 2 aromatic carbocycles. The number of halogens is 1. The van der Waals surface area contributed by atoms with E-state index >= 15 is 0 Å². The van der Waals surface area contributed by atoms with E-state index in [0.717, 1.165) is 0 Å². The lowest BCUT2D eigenvalue weighted by Gasteiger charge is -2.06. The third-order valence-electron chi connectivity index (χ3n) is 3.42. The highest BCUT2D eigenvalue weighted by molar-refractivity contribution is 7.09. The first-order valence-corrected chi connectivity index (χ1v) is 8.89. The smallest absolute Gasteiger partial charge is 0.275 e. The van der Waals surface area contributed by atoms with Gasteiger partial charge in [0.1, 0.15) is 28.9 Å². The summed E-state index contributed by atoms with van der Waals surface area (Å²) < 4.78 is 18.4. The highest BCUT2D eigenvalue weighted by Gasteiger charge is 2.12. The first-order valence-electron chi connectivity index (χ1n) is 8.01. The highest BCUT2D eigenvalue weighted by Crippen LogP contribution is 2.18. The van der Waals surface area contributed by atoms with Gasteiger partial charge in [-0.1, -0.05) is 0 Å². The molecule has 2 N–H and O–H groups in total. The van der Waals surface area contributed by atoms with Gasteiger partial charge >= 0.3 is 0 Å². The average molecular weight is 385 g/mol. The second-order valence-electron chi connectivity index (χ2n) is 5.58. The Labute approximate surface area is 159 Å². The molecule has 0 aliphatic carbocycles. The molecule has 27 heavy (non-hydrogen) atoms. The minimum Gasteiger partial charge on any atom is -0.486 e. The summed E-state index contributed by atoms with van der Waals surface area (Å²) in [5, 5.41) is 7.67. The Balaban J connectivity index is 1.56. The summed E-state index contributed by atoms with van der Waals surface area (Å²) in [6.07, 6.45) is 0. The van der Waals surface area contributed by atoms with Crippen LogP contribution in [0, 0.1) is 5.82 Å². The van der Waals surface area contributed by atoms with E-state index in [9.17, 15) is 14.0 Å². The number of hydrogen-bond donors (Lipinski definition) is 2. The van der Waals surface area contributed by atoms with Crippen molar-refractivity contribution >= 4 is 34.5 Å². The summed E-state index contributed by atoms with van der Waals surface area (Å²) in [5.41, 5.74) is 1.52.